The largest absolute Gasteiger partial charge is 0.461 e. The van der Waals surface area contributed by atoms with Crippen LogP contribution < -0.4 is 0 Å². The van der Waals surface area contributed by atoms with Gasteiger partial charge in [-0.05, 0) is 12.8 Å². The van der Waals surface area contributed by atoms with Crippen molar-refractivity contribution in [3.05, 3.63) is 0 Å². The maximum absolute atomic E-state index is 12.7. The number of ketones is 2. The summed E-state index contributed by atoms with van der Waals surface area (Å²) in [5.41, 5.74) is 0. The zero-order valence-electron chi connectivity index (χ0n) is 8.11. The van der Waals surface area contributed by atoms with Crippen molar-refractivity contribution in [2.45, 2.75) is 37.8 Å². The van der Waals surface area contributed by atoms with Gasteiger partial charge in [-0.3, -0.25) is 9.59 Å². The smallest absolute Gasteiger partial charge is 0.299 e. The summed E-state index contributed by atoms with van der Waals surface area (Å²) in [6, 6.07) is 0. The van der Waals surface area contributed by atoms with Crippen LogP contribution in [0.15, 0.2) is 0 Å². The summed E-state index contributed by atoms with van der Waals surface area (Å²) in [5.74, 6) is -10.4. The Kier molecular flexibility index (Phi) is 3.35. The molecular weight excluding hydrogens is 235 g/mol. The quantitative estimate of drug-likeness (QED) is 0.552. The van der Waals surface area contributed by atoms with Crippen LogP contribution in [0.1, 0.15) is 25.7 Å². The third-order valence-electron chi connectivity index (χ3n) is 2.54. The first-order chi connectivity index (χ1) is 7.18. The van der Waals surface area contributed by atoms with Gasteiger partial charge in [0, 0.05) is 6.42 Å². The molecule has 0 bridgehead atoms. The van der Waals surface area contributed by atoms with E-state index in [2.05, 4.69) is 0 Å². The molecule has 0 aromatic heterocycles. The van der Waals surface area contributed by atoms with E-state index in [4.69, 9.17) is 0 Å². The lowest BCUT2D eigenvalue weighted by Crippen LogP contribution is -2.49. The molecule has 1 saturated carbocycles. The van der Waals surface area contributed by atoms with E-state index in [1.807, 2.05) is 0 Å². The fourth-order valence-corrected chi connectivity index (χ4v) is 1.62. The Bertz CT molecular complexity index is 308. The maximum atomic E-state index is 12.7. The van der Waals surface area contributed by atoms with E-state index < -0.39 is 29.6 Å². The van der Waals surface area contributed by atoms with E-state index in [9.17, 15) is 31.5 Å². The molecule has 0 aromatic carbocycles. The van der Waals surface area contributed by atoms with E-state index in [0.717, 1.165) is 0 Å². The number of rotatable bonds is 2. The number of carbonyl (C=O) groups is 2. The molecule has 0 radical (unpaired) electrons. The zero-order chi connectivity index (χ0) is 12.6. The molecule has 0 amide bonds. The average molecular weight is 244 g/mol. The van der Waals surface area contributed by atoms with Gasteiger partial charge in [0.05, 0.1) is 5.92 Å². The van der Waals surface area contributed by atoms with Crippen molar-refractivity contribution in [3.8, 4) is 0 Å². The number of alkyl halides is 5. The van der Waals surface area contributed by atoms with Gasteiger partial charge in [0.2, 0.25) is 5.78 Å². The standard InChI is InChI=1S/C9H9F5O2/c10-8(11,9(12,13)14)7(16)5-3-1-2-4-6(5)15/h5H,1-4H2/t5-/m1/s1. The van der Waals surface area contributed by atoms with E-state index in [0.29, 0.717) is 12.8 Å². The second-order valence-corrected chi connectivity index (χ2v) is 3.70. The predicted molar refractivity (Wildman–Crippen MR) is 43.0 cm³/mol. The molecule has 7 heteroatoms. The van der Waals surface area contributed by atoms with E-state index >= 15 is 0 Å². The van der Waals surface area contributed by atoms with Gasteiger partial charge in [-0.1, -0.05) is 6.42 Å². The molecule has 2 nitrogen and oxygen atoms in total. The molecule has 16 heavy (non-hydrogen) atoms. The van der Waals surface area contributed by atoms with Crippen LogP contribution in [0, 0.1) is 5.92 Å². The molecule has 92 valence electrons. The molecule has 1 atom stereocenters. The average Bonchev–Trinajstić information content (AvgIpc) is 2.15. The van der Waals surface area contributed by atoms with E-state index in [-0.39, 0.29) is 12.8 Å². The summed E-state index contributed by atoms with van der Waals surface area (Å²) < 4.78 is 61.0. The normalized spacial score (nSPS) is 23.3. The Balaban J connectivity index is 2.88. The highest BCUT2D eigenvalue weighted by Crippen LogP contribution is 2.39. The van der Waals surface area contributed by atoms with Crippen LogP contribution >= 0.6 is 0 Å². The van der Waals surface area contributed by atoms with E-state index in [1.165, 1.54) is 0 Å². The second-order valence-electron chi connectivity index (χ2n) is 3.70. The van der Waals surface area contributed by atoms with Crippen LogP contribution in [0.3, 0.4) is 0 Å². The summed E-state index contributed by atoms with van der Waals surface area (Å²) in [6.45, 7) is 0. The third kappa shape index (κ3) is 2.22. The predicted octanol–water partition coefficient (Wildman–Crippen LogP) is 2.51. The monoisotopic (exact) mass is 244 g/mol. The third-order valence-corrected chi connectivity index (χ3v) is 2.54. The van der Waals surface area contributed by atoms with Crippen LogP contribution in [0.25, 0.3) is 0 Å². The lowest BCUT2D eigenvalue weighted by Gasteiger charge is -2.25. The SMILES string of the molecule is O=C1CCCC[C@H]1C(=O)C(F)(F)C(F)(F)F. The topological polar surface area (TPSA) is 34.1 Å². The van der Waals surface area contributed by atoms with Crippen molar-refractivity contribution in [3.63, 3.8) is 0 Å². The minimum atomic E-state index is -5.93. The molecule has 0 aliphatic heterocycles. The molecule has 0 heterocycles. The molecular formula is C9H9F5O2. The number of Topliss-reactive ketones (excluding diaryl/α,β-unsaturated/α-hetero) is 2. The minimum absolute atomic E-state index is 0.107. The maximum Gasteiger partial charge on any atom is 0.461 e. The van der Waals surface area contributed by atoms with Gasteiger partial charge in [-0.15, -0.1) is 0 Å². The van der Waals surface area contributed by atoms with Gasteiger partial charge in [-0.2, -0.15) is 22.0 Å². The number of carbonyl (C=O) groups excluding carboxylic acids is 2. The van der Waals surface area contributed by atoms with Crippen LogP contribution in [-0.4, -0.2) is 23.7 Å². The molecule has 1 fully saturated rings. The zero-order valence-corrected chi connectivity index (χ0v) is 8.11. The first-order valence-corrected chi connectivity index (χ1v) is 4.69. The van der Waals surface area contributed by atoms with Crippen molar-refractivity contribution in [2.24, 2.45) is 5.92 Å². The number of hydrogen-bond acceptors (Lipinski definition) is 2. The van der Waals surface area contributed by atoms with Crippen molar-refractivity contribution in [2.75, 3.05) is 0 Å². The van der Waals surface area contributed by atoms with Gasteiger partial charge in [0.15, 0.2) is 0 Å². The fourth-order valence-electron chi connectivity index (χ4n) is 1.62. The first-order valence-electron chi connectivity index (χ1n) is 4.69. The summed E-state index contributed by atoms with van der Waals surface area (Å²) in [5, 5.41) is 0. The van der Waals surface area contributed by atoms with Crippen LogP contribution in [0.5, 0.6) is 0 Å². The summed E-state index contributed by atoms with van der Waals surface area (Å²) in [4.78, 5) is 22.1. The molecule has 0 spiro atoms. The lowest BCUT2D eigenvalue weighted by atomic mass is 9.83. The van der Waals surface area contributed by atoms with Gasteiger partial charge >= 0.3 is 12.1 Å². The van der Waals surface area contributed by atoms with Gasteiger partial charge in [0.1, 0.15) is 5.78 Å². The van der Waals surface area contributed by atoms with E-state index in [1.54, 1.807) is 0 Å². The molecule has 0 N–H and O–H groups in total. The summed E-state index contributed by atoms with van der Waals surface area (Å²) in [7, 11) is 0. The molecule has 1 rings (SSSR count). The summed E-state index contributed by atoms with van der Waals surface area (Å²) in [6.07, 6.45) is -5.51. The number of hydrogen-bond donors (Lipinski definition) is 0. The highest BCUT2D eigenvalue weighted by Gasteiger charge is 2.64. The second kappa shape index (κ2) is 4.10. The Morgan fingerprint density at radius 1 is 1.12 bits per heavy atom. The minimum Gasteiger partial charge on any atom is -0.299 e. The Morgan fingerprint density at radius 2 is 1.69 bits per heavy atom. The Labute approximate surface area is 87.8 Å². The van der Waals surface area contributed by atoms with Crippen LogP contribution in [0.4, 0.5) is 22.0 Å². The highest BCUT2D eigenvalue weighted by atomic mass is 19.4. The molecule has 0 aromatic rings. The Morgan fingerprint density at radius 3 is 2.12 bits per heavy atom. The highest BCUT2D eigenvalue weighted by molar-refractivity contribution is 6.06. The first kappa shape index (κ1) is 13.1. The van der Waals surface area contributed by atoms with Crippen molar-refractivity contribution in [1.29, 1.82) is 0 Å². The van der Waals surface area contributed by atoms with Crippen LogP contribution in [-0.2, 0) is 9.59 Å². The van der Waals surface area contributed by atoms with Gasteiger partial charge in [-0.25, -0.2) is 0 Å². The van der Waals surface area contributed by atoms with Crippen molar-refractivity contribution < 1.29 is 31.5 Å². The lowest BCUT2D eigenvalue weighted by molar-refractivity contribution is -0.270. The summed E-state index contributed by atoms with van der Waals surface area (Å²) >= 11 is 0. The molecule has 0 unspecified atom stereocenters. The van der Waals surface area contributed by atoms with Crippen molar-refractivity contribution in [1.82, 2.24) is 0 Å². The Hall–Kier alpha value is -1.01. The number of halogens is 5. The molecule has 1 aliphatic rings. The van der Waals surface area contributed by atoms with Gasteiger partial charge in [0.25, 0.3) is 0 Å². The van der Waals surface area contributed by atoms with Gasteiger partial charge < -0.3 is 0 Å². The fraction of sp³-hybridized carbons (Fsp3) is 0.778. The molecule has 1 aliphatic carbocycles. The molecule has 0 saturated heterocycles. The van der Waals surface area contributed by atoms with Crippen molar-refractivity contribution >= 4 is 11.6 Å². The van der Waals surface area contributed by atoms with Crippen LogP contribution in [0.2, 0.25) is 0 Å².